The molecule has 0 radical (unpaired) electrons. The Morgan fingerprint density at radius 1 is 1.20 bits per heavy atom. The zero-order chi connectivity index (χ0) is 14.5. The highest BCUT2D eigenvalue weighted by atomic mass is 79.9. The van der Waals surface area contributed by atoms with Crippen LogP contribution in [0.1, 0.15) is 12.0 Å². The molecule has 3 nitrogen and oxygen atoms in total. The van der Waals surface area contributed by atoms with Gasteiger partial charge in [0.25, 0.3) is 0 Å². The standard InChI is InChI=1S/C15H14BrClN2O/c16-13-7-6-12(9-14(13)17)19-15(20)8-3-10-1-4-11(18)5-2-10/h1-2,4-7,9H,3,8,18H2,(H,19,20). The fourth-order valence-corrected chi connectivity index (χ4v) is 2.17. The van der Waals surface area contributed by atoms with Crippen LogP contribution in [0.25, 0.3) is 0 Å². The van der Waals surface area contributed by atoms with E-state index >= 15 is 0 Å². The average molecular weight is 354 g/mol. The van der Waals surface area contributed by atoms with Gasteiger partial charge in [0, 0.05) is 22.3 Å². The summed E-state index contributed by atoms with van der Waals surface area (Å²) >= 11 is 9.28. The van der Waals surface area contributed by atoms with Gasteiger partial charge < -0.3 is 11.1 Å². The maximum atomic E-state index is 11.9. The van der Waals surface area contributed by atoms with E-state index in [1.807, 2.05) is 24.3 Å². The molecule has 0 atom stereocenters. The third kappa shape index (κ3) is 4.25. The van der Waals surface area contributed by atoms with Crippen LogP contribution in [0.3, 0.4) is 0 Å². The number of benzene rings is 2. The van der Waals surface area contributed by atoms with Crippen molar-refractivity contribution in [2.24, 2.45) is 0 Å². The third-order valence-electron chi connectivity index (χ3n) is 2.82. The highest BCUT2D eigenvalue weighted by Gasteiger charge is 2.05. The Labute approximate surface area is 131 Å². The normalized spacial score (nSPS) is 10.3. The fourth-order valence-electron chi connectivity index (χ4n) is 1.74. The molecule has 104 valence electrons. The Morgan fingerprint density at radius 3 is 2.55 bits per heavy atom. The minimum absolute atomic E-state index is 0.0415. The van der Waals surface area contributed by atoms with Crippen molar-refractivity contribution < 1.29 is 4.79 Å². The molecule has 0 saturated carbocycles. The van der Waals surface area contributed by atoms with Crippen molar-refractivity contribution in [1.29, 1.82) is 0 Å². The molecular weight excluding hydrogens is 340 g/mol. The van der Waals surface area contributed by atoms with E-state index in [0.717, 1.165) is 15.7 Å². The first-order chi connectivity index (χ1) is 9.54. The number of nitrogen functional groups attached to an aromatic ring is 1. The van der Waals surface area contributed by atoms with Gasteiger partial charge in [0.15, 0.2) is 0 Å². The minimum atomic E-state index is -0.0415. The lowest BCUT2D eigenvalue weighted by Gasteiger charge is -2.06. The van der Waals surface area contributed by atoms with Crippen LogP contribution in [-0.2, 0) is 11.2 Å². The van der Waals surface area contributed by atoms with Gasteiger partial charge in [-0.15, -0.1) is 0 Å². The van der Waals surface area contributed by atoms with Crippen molar-refractivity contribution in [3.8, 4) is 0 Å². The summed E-state index contributed by atoms with van der Waals surface area (Å²) < 4.78 is 0.805. The number of halogens is 2. The highest BCUT2D eigenvalue weighted by molar-refractivity contribution is 9.10. The summed E-state index contributed by atoms with van der Waals surface area (Å²) in [6.07, 6.45) is 1.09. The predicted molar refractivity (Wildman–Crippen MR) is 87.0 cm³/mol. The van der Waals surface area contributed by atoms with Gasteiger partial charge in [-0.3, -0.25) is 4.79 Å². The number of carbonyl (C=O) groups is 1. The number of rotatable bonds is 4. The Hall–Kier alpha value is -1.52. The number of aryl methyl sites for hydroxylation is 1. The molecule has 0 heterocycles. The first kappa shape index (κ1) is 14.9. The fraction of sp³-hybridized carbons (Fsp3) is 0.133. The lowest BCUT2D eigenvalue weighted by atomic mass is 10.1. The van der Waals surface area contributed by atoms with Crippen LogP contribution >= 0.6 is 27.5 Å². The number of hydrogen-bond donors (Lipinski definition) is 2. The quantitative estimate of drug-likeness (QED) is 0.807. The number of hydrogen-bond acceptors (Lipinski definition) is 2. The van der Waals surface area contributed by atoms with E-state index in [9.17, 15) is 4.79 Å². The molecule has 20 heavy (non-hydrogen) atoms. The first-order valence-corrected chi connectivity index (χ1v) is 7.31. The van der Waals surface area contributed by atoms with Crippen LogP contribution in [0.15, 0.2) is 46.9 Å². The molecular formula is C15H14BrClN2O. The van der Waals surface area contributed by atoms with Gasteiger partial charge in [-0.25, -0.2) is 0 Å². The molecule has 2 aromatic carbocycles. The van der Waals surface area contributed by atoms with Gasteiger partial charge in [-0.2, -0.15) is 0 Å². The van der Waals surface area contributed by atoms with E-state index in [-0.39, 0.29) is 5.91 Å². The Bertz CT molecular complexity index is 614. The SMILES string of the molecule is Nc1ccc(CCC(=O)Nc2ccc(Br)c(Cl)c2)cc1. The topological polar surface area (TPSA) is 55.1 Å². The van der Waals surface area contributed by atoms with Crippen molar-refractivity contribution in [2.45, 2.75) is 12.8 Å². The van der Waals surface area contributed by atoms with Gasteiger partial charge in [-0.1, -0.05) is 23.7 Å². The molecule has 0 fully saturated rings. The number of nitrogens with one attached hydrogen (secondary N) is 1. The lowest BCUT2D eigenvalue weighted by Crippen LogP contribution is -2.12. The zero-order valence-electron chi connectivity index (χ0n) is 10.7. The van der Waals surface area contributed by atoms with Crippen LogP contribution in [0, 0.1) is 0 Å². The molecule has 1 amide bonds. The van der Waals surface area contributed by atoms with E-state index in [2.05, 4.69) is 21.2 Å². The Balaban J connectivity index is 1.89. The molecule has 2 aromatic rings. The molecule has 3 N–H and O–H groups in total. The lowest BCUT2D eigenvalue weighted by molar-refractivity contribution is -0.116. The maximum Gasteiger partial charge on any atom is 0.224 e. The molecule has 0 aliphatic carbocycles. The van der Waals surface area contributed by atoms with Crippen molar-refractivity contribution in [3.05, 3.63) is 57.5 Å². The zero-order valence-corrected chi connectivity index (χ0v) is 13.0. The Kier molecular flexibility index (Phi) is 5.04. The van der Waals surface area contributed by atoms with Crippen molar-refractivity contribution in [1.82, 2.24) is 0 Å². The summed E-state index contributed by atoms with van der Waals surface area (Å²) in [4.78, 5) is 11.9. The molecule has 0 aliphatic heterocycles. The summed E-state index contributed by atoms with van der Waals surface area (Å²) in [5.74, 6) is -0.0415. The highest BCUT2D eigenvalue weighted by Crippen LogP contribution is 2.25. The molecule has 5 heteroatoms. The van der Waals surface area contributed by atoms with Gasteiger partial charge in [0.1, 0.15) is 0 Å². The molecule has 0 aliphatic rings. The molecule has 0 saturated heterocycles. The van der Waals surface area contributed by atoms with E-state index in [0.29, 0.717) is 23.6 Å². The third-order valence-corrected chi connectivity index (χ3v) is 4.06. The number of amides is 1. The summed E-state index contributed by atoms with van der Waals surface area (Å²) in [5, 5.41) is 3.39. The van der Waals surface area contributed by atoms with E-state index in [1.165, 1.54) is 0 Å². The maximum absolute atomic E-state index is 11.9. The van der Waals surface area contributed by atoms with Gasteiger partial charge in [0.05, 0.1) is 5.02 Å². The summed E-state index contributed by atoms with van der Waals surface area (Å²) in [6.45, 7) is 0. The second-order valence-corrected chi connectivity index (χ2v) is 5.68. The molecule has 0 spiro atoms. The van der Waals surface area contributed by atoms with Gasteiger partial charge in [-0.05, 0) is 58.2 Å². The number of carbonyl (C=O) groups excluding carboxylic acids is 1. The van der Waals surface area contributed by atoms with Crippen LogP contribution in [0.2, 0.25) is 5.02 Å². The summed E-state index contributed by atoms with van der Waals surface area (Å²) in [5.41, 5.74) is 8.12. The molecule has 0 bridgehead atoms. The van der Waals surface area contributed by atoms with Gasteiger partial charge in [0.2, 0.25) is 5.91 Å². The molecule has 2 rings (SSSR count). The molecule has 0 aromatic heterocycles. The average Bonchev–Trinajstić information content (AvgIpc) is 2.42. The van der Waals surface area contributed by atoms with Gasteiger partial charge >= 0.3 is 0 Å². The number of anilines is 2. The monoisotopic (exact) mass is 352 g/mol. The largest absolute Gasteiger partial charge is 0.399 e. The van der Waals surface area contributed by atoms with Crippen LogP contribution in [-0.4, -0.2) is 5.91 Å². The van der Waals surface area contributed by atoms with Crippen molar-refractivity contribution in [2.75, 3.05) is 11.1 Å². The minimum Gasteiger partial charge on any atom is -0.399 e. The summed E-state index contributed by atoms with van der Waals surface area (Å²) in [6, 6.07) is 12.9. The van der Waals surface area contributed by atoms with Crippen LogP contribution < -0.4 is 11.1 Å². The first-order valence-electron chi connectivity index (χ1n) is 6.14. The smallest absolute Gasteiger partial charge is 0.224 e. The summed E-state index contributed by atoms with van der Waals surface area (Å²) in [7, 11) is 0. The van der Waals surface area contributed by atoms with Crippen LogP contribution in [0.4, 0.5) is 11.4 Å². The van der Waals surface area contributed by atoms with Crippen molar-refractivity contribution in [3.63, 3.8) is 0 Å². The molecule has 0 unspecified atom stereocenters. The Morgan fingerprint density at radius 2 is 1.90 bits per heavy atom. The van der Waals surface area contributed by atoms with Crippen molar-refractivity contribution >= 4 is 44.8 Å². The second-order valence-electron chi connectivity index (χ2n) is 4.42. The van der Waals surface area contributed by atoms with E-state index < -0.39 is 0 Å². The van der Waals surface area contributed by atoms with E-state index in [1.54, 1.807) is 18.2 Å². The second kappa shape index (κ2) is 6.77. The van der Waals surface area contributed by atoms with Crippen LogP contribution in [0.5, 0.6) is 0 Å². The predicted octanol–water partition coefficient (Wildman–Crippen LogP) is 4.26. The van der Waals surface area contributed by atoms with E-state index in [4.69, 9.17) is 17.3 Å². The number of nitrogens with two attached hydrogens (primary N) is 1.